The summed E-state index contributed by atoms with van der Waals surface area (Å²) in [5.74, 6) is 1.49. The zero-order valence-corrected chi connectivity index (χ0v) is 18.4. The predicted molar refractivity (Wildman–Crippen MR) is 116 cm³/mol. The third-order valence-electron chi connectivity index (χ3n) is 4.62. The van der Waals surface area contributed by atoms with Gasteiger partial charge in [0.25, 0.3) is 0 Å². The van der Waals surface area contributed by atoms with Gasteiger partial charge in [0.05, 0.1) is 11.6 Å². The quantitative estimate of drug-likeness (QED) is 0.516. The molecule has 0 aliphatic rings. The van der Waals surface area contributed by atoms with Gasteiger partial charge in [0.2, 0.25) is 0 Å². The van der Waals surface area contributed by atoms with Crippen LogP contribution in [0.3, 0.4) is 0 Å². The van der Waals surface area contributed by atoms with Crippen molar-refractivity contribution in [1.29, 1.82) is 0 Å². The molecule has 148 valence electrons. The molecular weight excluding hydrogens is 404 g/mol. The van der Waals surface area contributed by atoms with Gasteiger partial charge < -0.3 is 19.7 Å². The fourth-order valence-electron chi connectivity index (χ4n) is 2.86. The van der Waals surface area contributed by atoms with E-state index in [0.717, 1.165) is 54.3 Å². The molecule has 2 aromatic rings. The lowest BCUT2D eigenvalue weighted by molar-refractivity contribution is 0.282. The number of rotatable bonds is 11. The summed E-state index contributed by atoms with van der Waals surface area (Å²) in [5.41, 5.74) is 3.55. The summed E-state index contributed by atoms with van der Waals surface area (Å²) < 4.78 is 12.5. The molecule has 0 fully saturated rings. The summed E-state index contributed by atoms with van der Waals surface area (Å²) in [7, 11) is 1.68. The van der Waals surface area contributed by atoms with Crippen LogP contribution in [0.1, 0.15) is 30.5 Å². The first-order valence-electron chi connectivity index (χ1n) is 9.55. The Morgan fingerprint density at radius 1 is 1.04 bits per heavy atom. The first kappa shape index (κ1) is 21.7. The summed E-state index contributed by atoms with van der Waals surface area (Å²) in [6.45, 7) is 12.0. The third kappa shape index (κ3) is 6.83. The molecule has 0 aromatic heterocycles. The van der Waals surface area contributed by atoms with E-state index in [-0.39, 0.29) is 0 Å². The van der Waals surface area contributed by atoms with Crippen molar-refractivity contribution in [1.82, 2.24) is 10.2 Å². The SMILES string of the molecule is CCN(CC)CCNCc1cc(Br)c(OCc2ccc(C)cc2)c(OC)c1. The number of likely N-dealkylation sites (N-methyl/N-ethyl adjacent to an activating group) is 1. The van der Waals surface area contributed by atoms with Crippen LogP contribution in [-0.4, -0.2) is 38.2 Å². The van der Waals surface area contributed by atoms with E-state index < -0.39 is 0 Å². The average Bonchev–Trinajstić information content (AvgIpc) is 2.68. The Labute approximate surface area is 172 Å². The van der Waals surface area contributed by atoms with E-state index in [1.807, 2.05) is 6.07 Å². The summed E-state index contributed by atoms with van der Waals surface area (Å²) in [5, 5.41) is 3.50. The highest BCUT2D eigenvalue weighted by atomic mass is 79.9. The number of nitrogens with zero attached hydrogens (tertiary/aromatic N) is 1. The lowest BCUT2D eigenvalue weighted by Gasteiger charge is -2.18. The van der Waals surface area contributed by atoms with Crippen molar-refractivity contribution >= 4 is 15.9 Å². The second kappa shape index (κ2) is 11.3. The second-order valence-corrected chi connectivity index (χ2v) is 7.44. The van der Waals surface area contributed by atoms with E-state index in [2.05, 4.69) is 77.2 Å². The van der Waals surface area contributed by atoms with Gasteiger partial charge in [-0.15, -0.1) is 0 Å². The van der Waals surface area contributed by atoms with Gasteiger partial charge in [-0.25, -0.2) is 0 Å². The fourth-order valence-corrected chi connectivity index (χ4v) is 3.47. The van der Waals surface area contributed by atoms with Gasteiger partial charge >= 0.3 is 0 Å². The van der Waals surface area contributed by atoms with Crippen molar-refractivity contribution in [2.45, 2.75) is 33.9 Å². The molecule has 2 rings (SSSR count). The molecule has 0 aliphatic carbocycles. The highest BCUT2D eigenvalue weighted by Crippen LogP contribution is 2.37. The van der Waals surface area contributed by atoms with Gasteiger partial charge in [0, 0.05) is 19.6 Å². The zero-order chi connectivity index (χ0) is 19.6. The van der Waals surface area contributed by atoms with Crippen LogP contribution in [0.15, 0.2) is 40.9 Å². The van der Waals surface area contributed by atoms with Crippen molar-refractivity contribution in [3.05, 3.63) is 57.6 Å². The highest BCUT2D eigenvalue weighted by molar-refractivity contribution is 9.10. The van der Waals surface area contributed by atoms with Crippen molar-refractivity contribution in [3.63, 3.8) is 0 Å². The highest BCUT2D eigenvalue weighted by Gasteiger charge is 2.12. The van der Waals surface area contributed by atoms with Crippen LogP contribution in [0.25, 0.3) is 0 Å². The number of halogens is 1. The van der Waals surface area contributed by atoms with E-state index in [1.165, 1.54) is 11.1 Å². The Morgan fingerprint density at radius 3 is 2.37 bits per heavy atom. The molecule has 0 unspecified atom stereocenters. The minimum Gasteiger partial charge on any atom is -0.493 e. The van der Waals surface area contributed by atoms with E-state index in [0.29, 0.717) is 6.61 Å². The lowest BCUT2D eigenvalue weighted by atomic mass is 10.1. The Balaban J connectivity index is 1.96. The summed E-state index contributed by atoms with van der Waals surface area (Å²) >= 11 is 3.64. The molecule has 4 nitrogen and oxygen atoms in total. The minimum absolute atomic E-state index is 0.511. The molecule has 0 radical (unpaired) electrons. The minimum atomic E-state index is 0.511. The van der Waals surface area contributed by atoms with Gasteiger partial charge in [-0.2, -0.15) is 0 Å². The van der Waals surface area contributed by atoms with E-state index in [1.54, 1.807) is 7.11 Å². The number of hydrogen-bond acceptors (Lipinski definition) is 4. The standard InChI is InChI=1S/C22H31BrN2O2/c1-5-25(6-2)12-11-24-15-19-13-20(23)22(21(14-19)26-4)27-16-18-9-7-17(3)8-10-18/h7-10,13-14,24H,5-6,11-12,15-16H2,1-4H3. The van der Waals surface area contributed by atoms with Gasteiger partial charge in [-0.05, 0) is 59.2 Å². The van der Waals surface area contributed by atoms with Crippen LogP contribution in [0.4, 0.5) is 0 Å². The second-order valence-electron chi connectivity index (χ2n) is 6.59. The largest absolute Gasteiger partial charge is 0.493 e. The molecule has 0 saturated carbocycles. The fraction of sp³-hybridized carbons (Fsp3) is 0.455. The lowest BCUT2D eigenvalue weighted by Crippen LogP contribution is -2.31. The smallest absolute Gasteiger partial charge is 0.175 e. The summed E-state index contributed by atoms with van der Waals surface area (Å²) in [4.78, 5) is 2.41. The molecule has 0 amide bonds. The van der Waals surface area contributed by atoms with Crippen LogP contribution in [0, 0.1) is 6.92 Å². The molecule has 1 N–H and O–H groups in total. The van der Waals surface area contributed by atoms with Crippen LogP contribution < -0.4 is 14.8 Å². The van der Waals surface area contributed by atoms with Crippen LogP contribution in [0.5, 0.6) is 11.5 Å². The maximum atomic E-state index is 6.03. The molecule has 27 heavy (non-hydrogen) atoms. The first-order chi connectivity index (χ1) is 13.1. The van der Waals surface area contributed by atoms with Gasteiger partial charge in [-0.3, -0.25) is 0 Å². The molecule has 0 atom stereocenters. The van der Waals surface area contributed by atoms with Gasteiger partial charge in [0.1, 0.15) is 6.61 Å². The number of benzene rings is 2. The van der Waals surface area contributed by atoms with Crippen LogP contribution in [-0.2, 0) is 13.2 Å². The number of aryl methyl sites for hydroxylation is 1. The third-order valence-corrected chi connectivity index (χ3v) is 5.21. The van der Waals surface area contributed by atoms with E-state index in [4.69, 9.17) is 9.47 Å². The van der Waals surface area contributed by atoms with Crippen LogP contribution in [0.2, 0.25) is 0 Å². The molecule has 5 heteroatoms. The maximum Gasteiger partial charge on any atom is 0.175 e. The molecule has 0 heterocycles. The Hall–Kier alpha value is -1.56. The Morgan fingerprint density at radius 2 is 1.74 bits per heavy atom. The van der Waals surface area contributed by atoms with Crippen LogP contribution >= 0.6 is 15.9 Å². The average molecular weight is 435 g/mol. The normalized spacial score (nSPS) is 11.0. The summed E-state index contributed by atoms with van der Waals surface area (Å²) in [6, 6.07) is 12.5. The number of hydrogen-bond donors (Lipinski definition) is 1. The number of methoxy groups -OCH3 is 1. The predicted octanol–water partition coefficient (Wildman–Crippen LogP) is 4.78. The number of nitrogens with one attached hydrogen (secondary N) is 1. The summed E-state index contributed by atoms with van der Waals surface area (Å²) in [6.07, 6.45) is 0. The van der Waals surface area contributed by atoms with Crippen molar-refractivity contribution in [2.75, 3.05) is 33.3 Å². The maximum absolute atomic E-state index is 6.03. The molecule has 0 aliphatic heterocycles. The monoisotopic (exact) mass is 434 g/mol. The molecule has 0 bridgehead atoms. The molecule has 2 aromatic carbocycles. The Bertz CT molecular complexity index is 700. The van der Waals surface area contributed by atoms with Crippen molar-refractivity contribution < 1.29 is 9.47 Å². The molecule has 0 saturated heterocycles. The van der Waals surface area contributed by atoms with Gasteiger partial charge in [-0.1, -0.05) is 43.7 Å². The van der Waals surface area contributed by atoms with Crippen molar-refractivity contribution in [3.8, 4) is 11.5 Å². The molecular formula is C22H31BrN2O2. The van der Waals surface area contributed by atoms with E-state index in [9.17, 15) is 0 Å². The topological polar surface area (TPSA) is 33.7 Å². The van der Waals surface area contributed by atoms with E-state index >= 15 is 0 Å². The number of ether oxygens (including phenoxy) is 2. The molecule has 0 spiro atoms. The van der Waals surface area contributed by atoms with Gasteiger partial charge in [0.15, 0.2) is 11.5 Å². The first-order valence-corrected chi connectivity index (χ1v) is 10.3. The Kier molecular flexibility index (Phi) is 9.11. The van der Waals surface area contributed by atoms with Crippen molar-refractivity contribution in [2.24, 2.45) is 0 Å². The zero-order valence-electron chi connectivity index (χ0n) is 16.8.